The highest BCUT2D eigenvalue weighted by atomic mass is 79.9. The average Bonchev–Trinajstić information content (AvgIpc) is 2.80. The van der Waals surface area contributed by atoms with E-state index in [-0.39, 0.29) is 5.69 Å². The fraction of sp³-hybridized carbons (Fsp3) is 0.625. The summed E-state index contributed by atoms with van der Waals surface area (Å²) in [6.07, 6.45) is -0.324. The molecule has 1 fully saturated rings. The van der Waals surface area contributed by atoms with Gasteiger partial charge in [0.2, 0.25) is 0 Å². The molecule has 0 saturated heterocycles. The molecule has 1 aliphatic rings. The molecule has 0 N–H and O–H groups in total. The molecule has 0 unspecified atom stereocenters. The molecule has 1 aromatic heterocycles. The molecule has 0 aliphatic heterocycles. The Morgan fingerprint density at radius 2 is 2.15 bits per heavy atom. The summed E-state index contributed by atoms with van der Waals surface area (Å²) in [5.74, 6) is 0.430. The first-order valence-electron chi connectivity index (χ1n) is 4.11. The van der Waals surface area contributed by atoms with Crippen LogP contribution in [0.15, 0.2) is 4.47 Å². The molecule has 0 radical (unpaired) electrons. The van der Waals surface area contributed by atoms with Crippen molar-refractivity contribution in [1.82, 2.24) is 9.78 Å². The molecule has 5 heteroatoms. The van der Waals surface area contributed by atoms with Gasteiger partial charge in [0, 0.05) is 13.0 Å². The second kappa shape index (κ2) is 3.04. The van der Waals surface area contributed by atoms with Crippen molar-refractivity contribution < 1.29 is 8.78 Å². The van der Waals surface area contributed by atoms with E-state index in [9.17, 15) is 8.78 Å². The second-order valence-electron chi connectivity index (χ2n) is 3.28. The van der Waals surface area contributed by atoms with Gasteiger partial charge in [-0.1, -0.05) is 0 Å². The standard InChI is InChI=1S/C8H9BrF2N2/c1-13-7(4-2-3-4)5(9)6(12-13)8(10)11/h4,8H,2-3H2,1H3. The molecule has 72 valence electrons. The lowest BCUT2D eigenvalue weighted by Crippen LogP contribution is -1.96. The van der Waals surface area contributed by atoms with E-state index in [4.69, 9.17) is 0 Å². The van der Waals surface area contributed by atoms with Gasteiger partial charge in [0.05, 0.1) is 10.2 Å². The fourth-order valence-corrected chi connectivity index (χ4v) is 2.30. The highest BCUT2D eigenvalue weighted by Crippen LogP contribution is 2.45. The van der Waals surface area contributed by atoms with E-state index >= 15 is 0 Å². The smallest absolute Gasteiger partial charge is 0.271 e. The Labute approximate surface area is 83.1 Å². The molecular formula is C8H9BrF2N2. The lowest BCUT2D eigenvalue weighted by atomic mass is 10.2. The zero-order valence-corrected chi connectivity index (χ0v) is 8.68. The maximum absolute atomic E-state index is 12.4. The predicted octanol–water partition coefficient (Wildman–Crippen LogP) is 3.00. The first kappa shape index (κ1) is 9.12. The van der Waals surface area contributed by atoms with Gasteiger partial charge in [-0.3, -0.25) is 4.68 Å². The molecule has 0 bridgehead atoms. The number of rotatable bonds is 2. The zero-order chi connectivity index (χ0) is 9.59. The predicted molar refractivity (Wildman–Crippen MR) is 47.8 cm³/mol. The summed E-state index contributed by atoms with van der Waals surface area (Å²) in [4.78, 5) is 0. The molecule has 2 rings (SSSR count). The van der Waals surface area contributed by atoms with Gasteiger partial charge in [0.15, 0.2) is 0 Å². The van der Waals surface area contributed by atoms with E-state index < -0.39 is 6.43 Å². The summed E-state index contributed by atoms with van der Waals surface area (Å²) in [7, 11) is 1.71. The van der Waals surface area contributed by atoms with Crippen LogP contribution < -0.4 is 0 Å². The third-order valence-electron chi connectivity index (χ3n) is 2.23. The van der Waals surface area contributed by atoms with Gasteiger partial charge in [-0.05, 0) is 28.8 Å². The molecule has 2 nitrogen and oxygen atoms in total. The Kier molecular flexibility index (Phi) is 2.14. The molecule has 1 saturated carbocycles. The fourth-order valence-electron chi connectivity index (χ4n) is 1.47. The van der Waals surface area contributed by atoms with Gasteiger partial charge in [-0.2, -0.15) is 5.10 Å². The minimum Gasteiger partial charge on any atom is -0.271 e. The maximum Gasteiger partial charge on any atom is 0.283 e. The summed E-state index contributed by atoms with van der Waals surface area (Å²) in [6, 6.07) is 0. The Balaban J connectivity index is 2.44. The van der Waals surface area contributed by atoms with Crippen molar-refractivity contribution in [3.63, 3.8) is 0 Å². The van der Waals surface area contributed by atoms with E-state index in [1.807, 2.05) is 0 Å². The van der Waals surface area contributed by atoms with Crippen LogP contribution in [0.5, 0.6) is 0 Å². The largest absolute Gasteiger partial charge is 0.283 e. The van der Waals surface area contributed by atoms with Crippen LogP contribution in [0.4, 0.5) is 8.78 Å². The third kappa shape index (κ3) is 1.49. The van der Waals surface area contributed by atoms with Crippen LogP contribution in [0.25, 0.3) is 0 Å². The van der Waals surface area contributed by atoms with Gasteiger partial charge in [0.25, 0.3) is 6.43 Å². The lowest BCUT2D eigenvalue weighted by molar-refractivity contribution is 0.144. The molecular weight excluding hydrogens is 242 g/mol. The van der Waals surface area contributed by atoms with Crippen LogP contribution in [-0.2, 0) is 7.05 Å². The van der Waals surface area contributed by atoms with E-state index in [1.165, 1.54) is 0 Å². The minimum absolute atomic E-state index is 0.135. The van der Waals surface area contributed by atoms with Crippen LogP contribution in [0.1, 0.15) is 36.6 Å². The summed E-state index contributed by atoms with van der Waals surface area (Å²) < 4.78 is 26.9. The number of nitrogens with zero attached hydrogens (tertiary/aromatic N) is 2. The van der Waals surface area contributed by atoms with E-state index in [1.54, 1.807) is 11.7 Å². The first-order chi connectivity index (χ1) is 6.11. The van der Waals surface area contributed by atoms with Crippen LogP contribution in [0.3, 0.4) is 0 Å². The quantitative estimate of drug-likeness (QED) is 0.790. The van der Waals surface area contributed by atoms with Gasteiger partial charge in [-0.25, -0.2) is 8.78 Å². The van der Waals surface area contributed by atoms with Gasteiger partial charge in [-0.15, -0.1) is 0 Å². The van der Waals surface area contributed by atoms with Gasteiger partial charge >= 0.3 is 0 Å². The molecule has 1 aromatic rings. The minimum atomic E-state index is -2.49. The molecule has 1 heterocycles. The van der Waals surface area contributed by atoms with Crippen molar-refractivity contribution in [1.29, 1.82) is 0 Å². The normalized spacial score (nSPS) is 17.0. The summed E-state index contributed by atoms with van der Waals surface area (Å²) in [5.41, 5.74) is 0.778. The van der Waals surface area contributed by atoms with Gasteiger partial charge in [0.1, 0.15) is 5.69 Å². The van der Waals surface area contributed by atoms with Crippen LogP contribution in [-0.4, -0.2) is 9.78 Å². The summed E-state index contributed by atoms with van der Waals surface area (Å²) in [5, 5.41) is 3.79. The Morgan fingerprint density at radius 3 is 2.54 bits per heavy atom. The highest BCUT2D eigenvalue weighted by Gasteiger charge is 2.32. The SMILES string of the molecule is Cn1nc(C(F)F)c(Br)c1C1CC1. The van der Waals surface area contributed by atoms with Crippen molar-refractivity contribution in [3.05, 3.63) is 15.9 Å². The summed E-state index contributed by atoms with van der Waals surface area (Å²) in [6.45, 7) is 0. The molecule has 0 spiro atoms. The van der Waals surface area contributed by atoms with Crippen molar-refractivity contribution in [3.8, 4) is 0 Å². The first-order valence-corrected chi connectivity index (χ1v) is 4.91. The third-order valence-corrected chi connectivity index (χ3v) is 3.04. The molecule has 0 aromatic carbocycles. The number of aryl methyl sites for hydroxylation is 1. The number of hydrogen-bond donors (Lipinski definition) is 0. The van der Waals surface area contributed by atoms with Crippen molar-refractivity contribution in [2.24, 2.45) is 7.05 Å². The van der Waals surface area contributed by atoms with Crippen LogP contribution in [0, 0.1) is 0 Å². The van der Waals surface area contributed by atoms with Crippen molar-refractivity contribution >= 4 is 15.9 Å². The van der Waals surface area contributed by atoms with Crippen LogP contribution in [0.2, 0.25) is 0 Å². The van der Waals surface area contributed by atoms with E-state index in [0.717, 1.165) is 18.5 Å². The van der Waals surface area contributed by atoms with Crippen molar-refractivity contribution in [2.45, 2.75) is 25.2 Å². The monoisotopic (exact) mass is 250 g/mol. The maximum atomic E-state index is 12.4. The topological polar surface area (TPSA) is 17.8 Å². The van der Waals surface area contributed by atoms with E-state index in [2.05, 4.69) is 21.0 Å². The van der Waals surface area contributed by atoms with E-state index in [0.29, 0.717) is 10.4 Å². The lowest BCUT2D eigenvalue weighted by Gasteiger charge is -1.97. The molecule has 0 amide bonds. The Morgan fingerprint density at radius 1 is 1.54 bits per heavy atom. The van der Waals surface area contributed by atoms with Crippen LogP contribution >= 0.6 is 15.9 Å². The number of hydrogen-bond acceptors (Lipinski definition) is 1. The average molecular weight is 251 g/mol. The summed E-state index contributed by atoms with van der Waals surface area (Å²) >= 11 is 3.18. The Hall–Kier alpha value is -0.450. The van der Waals surface area contributed by atoms with Gasteiger partial charge < -0.3 is 0 Å². The molecule has 1 aliphatic carbocycles. The Bertz CT molecular complexity index is 331. The zero-order valence-electron chi connectivity index (χ0n) is 7.10. The van der Waals surface area contributed by atoms with Crippen molar-refractivity contribution in [2.75, 3.05) is 0 Å². The highest BCUT2D eigenvalue weighted by molar-refractivity contribution is 9.10. The second-order valence-corrected chi connectivity index (χ2v) is 4.08. The number of aromatic nitrogens is 2. The molecule has 13 heavy (non-hydrogen) atoms. The number of halogens is 3. The molecule has 0 atom stereocenters. The number of alkyl halides is 2.